The fraction of sp³-hybridized carbons (Fsp3) is 0.375. The molecular formula is C32H36ClN3O6S. The molecule has 11 heteroatoms. The van der Waals surface area contributed by atoms with Gasteiger partial charge in [-0.2, -0.15) is 0 Å². The summed E-state index contributed by atoms with van der Waals surface area (Å²) in [5.74, 6) is 0.0968. The number of nitrogens with zero attached hydrogens (tertiary/aromatic N) is 2. The number of rotatable bonds is 11. The van der Waals surface area contributed by atoms with Crippen LogP contribution in [0.25, 0.3) is 0 Å². The van der Waals surface area contributed by atoms with Gasteiger partial charge in [0.25, 0.3) is 0 Å². The minimum absolute atomic E-state index is 0.0290. The highest BCUT2D eigenvalue weighted by Gasteiger charge is 2.34. The fourth-order valence-electron chi connectivity index (χ4n) is 5.58. The van der Waals surface area contributed by atoms with Crippen LogP contribution in [0.2, 0.25) is 5.02 Å². The van der Waals surface area contributed by atoms with Gasteiger partial charge >= 0.3 is 0 Å². The molecule has 1 aliphatic carbocycles. The molecule has 5 rings (SSSR count). The van der Waals surface area contributed by atoms with E-state index >= 15 is 0 Å². The number of carbonyl (C=O) groups is 2. The summed E-state index contributed by atoms with van der Waals surface area (Å²) in [7, 11) is -3.90. The minimum Gasteiger partial charge on any atom is -0.454 e. The second-order valence-electron chi connectivity index (χ2n) is 11.0. The minimum atomic E-state index is -3.90. The number of carbonyl (C=O) groups excluding carboxylic acids is 2. The first-order chi connectivity index (χ1) is 20.7. The van der Waals surface area contributed by atoms with Gasteiger partial charge in [0.15, 0.2) is 11.5 Å². The number of amides is 2. The molecule has 1 fully saturated rings. The van der Waals surface area contributed by atoms with E-state index in [-0.39, 0.29) is 37.4 Å². The maximum absolute atomic E-state index is 14.3. The number of fused-ring (bicyclic) bond motifs is 1. The number of hydrogen-bond acceptors (Lipinski definition) is 6. The van der Waals surface area contributed by atoms with E-state index < -0.39 is 28.5 Å². The molecular weight excluding hydrogens is 590 g/mol. The lowest BCUT2D eigenvalue weighted by Crippen LogP contribution is -2.55. The van der Waals surface area contributed by atoms with Gasteiger partial charge in [-0.25, -0.2) is 8.42 Å². The summed E-state index contributed by atoms with van der Waals surface area (Å²) in [6, 6.07) is 20.4. The molecule has 2 aliphatic rings. The first kappa shape index (κ1) is 30.7. The first-order valence-corrected chi connectivity index (χ1v) is 16.7. The van der Waals surface area contributed by atoms with Crippen molar-refractivity contribution in [2.75, 3.05) is 23.9 Å². The van der Waals surface area contributed by atoms with Gasteiger partial charge in [0.05, 0.1) is 11.9 Å². The number of anilines is 1. The van der Waals surface area contributed by atoms with Gasteiger partial charge in [-0.3, -0.25) is 13.9 Å². The van der Waals surface area contributed by atoms with E-state index in [4.69, 9.17) is 21.1 Å². The Hall–Kier alpha value is -3.76. The normalized spacial score (nSPS) is 15.5. The zero-order chi connectivity index (χ0) is 30.4. The summed E-state index contributed by atoms with van der Waals surface area (Å²) in [4.78, 5) is 29.8. The van der Waals surface area contributed by atoms with Gasteiger partial charge in [0.2, 0.25) is 28.6 Å². The Morgan fingerprint density at radius 1 is 0.930 bits per heavy atom. The van der Waals surface area contributed by atoms with Crippen molar-refractivity contribution in [2.45, 2.75) is 57.2 Å². The Bertz CT molecular complexity index is 1550. The highest BCUT2D eigenvalue weighted by molar-refractivity contribution is 7.92. The van der Waals surface area contributed by atoms with E-state index in [0.29, 0.717) is 16.5 Å². The van der Waals surface area contributed by atoms with Gasteiger partial charge in [0, 0.05) is 30.1 Å². The molecule has 9 nitrogen and oxygen atoms in total. The third kappa shape index (κ3) is 8.00. The molecule has 1 saturated carbocycles. The Morgan fingerprint density at radius 2 is 1.65 bits per heavy atom. The summed E-state index contributed by atoms with van der Waals surface area (Å²) in [6.07, 6.45) is 6.30. The van der Waals surface area contributed by atoms with Gasteiger partial charge in [-0.15, -0.1) is 0 Å². The predicted octanol–water partition coefficient (Wildman–Crippen LogP) is 4.92. The summed E-state index contributed by atoms with van der Waals surface area (Å²) >= 11 is 6.29. The largest absolute Gasteiger partial charge is 0.454 e. The third-order valence-corrected chi connectivity index (χ3v) is 9.16. The van der Waals surface area contributed by atoms with Gasteiger partial charge in [-0.05, 0) is 48.2 Å². The number of ether oxygens (including phenoxy) is 2. The second-order valence-corrected chi connectivity index (χ2v) is 13.4. The number of sulfonamides is 1. The molecule has 1 aliphatic heterocycles. The quantitative estimate of drug-likeness (QED) is 0.324. The molecule has 1 heterocycles. The maximum Gasteiger partial charge on any atom is 0.244 e. The van der Waals surface area contributed by atoms with E-state index in [2.05, 4.69) is 5.32 Å². The average molecular weight is 626 g/mol. The standard InChI is InChI=1S/C32H36ClN3O6S/c1-43(39,40)36(27-15-16-29-30(19-27)42-22-41-29)21-31(37)35(20-24-11-8-12-25(33)17-24)28(18-23-9-4-2-5-10-23)32(38)34-26-13-6-3-7-14-26/h2,4-5,8-12,15-17,19,26,28H,3,6-7,13-14,18,20-22H2,1H3,(H,34,38). The molecule has 0 radical (unpaired) electrons. The molecule has 3 aromatic carbocycles. The van der Waals surface area contributed by atoms with Crippen LogP contribution in [0.3, 0.4) is 0 Å². The lowest BCUT2D eigenvalue weighted by atomic mass is 9.94. The van der Waals surface area contributed by atoms with E-state index in [1.54, 1.807) is 30.3 Å². The molecule has 0 bridgehead atoms. The van der Waals surface area contributed by atoms with Crippen LogP contribution in [0.1, 0.15) is 43.2 Å². The lowest BCUT2D eigenvalue weighted by molar-refractivity contribution is -0.140. The van der Waals surface area contributed by atoms with Gasteiger partial charge in [0.1, 0.15) is 12.6 Å². The molecule has 0 aromatic heterocycles. The van der Waals surface area contributed by atoms with Crippen LogP contribution in [0.4, 0.5) is 5.69 Å². The fourth-order valence-corrected chi connectivity index (χ4v) is 6.64. The summed E-state index contributed by atoms with van der Waals surface area (Å²) in [6.45, 7) is -0.421. The van der Waals surface area contributed by atoms with E-state index in [0.717, 1.165) is 53.8 Å². The maximum atomic E-state index is 14.3. The number of halogens is 1. The van der Waals surface area contributed by atoms with Crippen molar-refractivity contribution in [2.24, 2.45) is 0 Å². The Morgan fingerprint density at radius 3 is 2.37 bits per heavy atom. The van der Waals surface area contributed by atoms with Crippen molar-refractivity contribution in [1.82, 2.24) is 10.2 Å². The van der Waals surface area contributed by atoms with E-state index in [9.17, 15) is 18.0 Å². The van der Waals surface area contributed by atoms with E-state index in [1.165, 1.54) is 11.0 Å². The van der Waals surface area contributed by atoms with Crippen LogP contribution in [-0.2, 0) is 32.6 Å². The van der Waals surface area contributed by atoms with Crippen LogP contribution in [0.15, 0.2) is 72.8 Å². The van der Waals surface area contributed by atoms with Crippen molar-refractivity contribution in [3.05, 3.63) is 88.9 Å². The molecule has 1 atom stereocenters. The summed E-state index contributed by atoms with van der Waals surface area (Å²) < 4.78 is 37.9. The van der Waals surface area contributed by atoms with Crippen molar-refractivity contribution < 1.29 is 27.5 Å². The molecule has 2 amide bonds. The summed E-state index contributed by atoms with van der Waals surface area (Å²) in [5.41, 5.74) is 1.86. The molecule has 0 saturated heterocycles. The van der Waals surface area contributed by atoms with Crippen LogP contribution >= 0.6 is 11.6 Å². The van der Waals surface area contributed by atoms with Crippen LogP contribution < -0.4 is 19.1 Å². The molecule has 3 aromatic rings. The molecule has 1 unspecified atom stereocenters. The second kappa shape index (κ2) is 13.7. The van der Waals surface area contributed by atoms with Crippen molar-refractivity contribution in [3.8, 4) is 11.5 Å². The van der Waals surface area contributed by atoms with Gasteiger partial charge in [-0.1, -0.05) is 73.3 Å². The SMILES string of the molecule is CS(=O)(=O)N(CC(=O)N(Cc1cccc(Cl)c1)C(Cc1ccccc1)C(=O)NC1CCCCC1)c1ccc2c(c1)OCO2. The lowest BCUT2D eigenvalue weighted by Gasteiger charge is -2.35. The topological polar surface area (TPSA) is 105 Å². The number of benzene rings is 3. The van der Waals surface area contributed by atoms with E-state index in [1.807, 2.05) is 36.4 Å². The average Bonchev–Trinajstić information content (AvgIpc) is 3.46. The first-order valence-electron chi connectivity index (χ1n) is 14.4. The molecule has 43 heavy (non-hydrogen) atoms. The van der Waals surface area contributed by atoms with Crippen LogP contribution in [0.5, 0.6) is 11.5 Å². The summed E-state index contributed by atoms with van der Waals surface area (Å²) in [5, 5.41) is 3.69. The predicted molar refractivity (Wildman–Crippen MR) is 166 cm³/mol. The smallest absolute Gasteiger partial charge is 0.244 e. The zero-order valence-electron chi connectivity index (χ0n) is 24.1. The van der Waals surface area contributed by atoms with Gasteiger partial charge < -0.3 is 19.7 Å². The van der Waals surface area contributed by atoms with Crippen molar-refractivity contribution in [3.63, 3.8) is 0 Å². The van der Waals surface area contributed by atoms with Crippen LogP contribution in [-0.4, -0.2) is 56.8 Å². The number of nitrogens with one attached hydrogen (secondary N) is 1. The number of hydrogen-bond donors (Lipinski definition) is 1. The highest BCUT2D eigenvalue weighted by Crippen LogP contribution is 2.36. The Kier molecular flexibility index (Phi) is 9.77. The Labute approximate surface area is 257 Å². The highest BCUT2D eigenvalue weighted by atomic mass is 35.5. The zero-order valence-corrected chi connectivity index (χ0v) is 25.6. The molecule has 1 N–H and O–H groups in total. The Balaban J connectivity index is 1.50. The third-order valence-electron chi connectivity index (χ3n) is 7.79. The van der Waals surface area contributed by atoms with Crippen LogP contribution in [0, 0.1) is 0 Å². The molecule has 228 valence electrons. The molecule has 0 spiro atoms. The van der Waals surface area contributed by atoms with Crippen molar-refractivity contribution in [1.29, 1.82) is 0 Å². The van der Waals surface area contributed by atoms with Crippen molar-refractivity contribution >= 4 is 39.1 Å². The monoisotopic (exact) mass is 625 g/mol.